The van der Waals surface area contributed by atoms with Crippen LogP contribution in [0.25, 0.3) is 0 Å². The summed E-state index contributed by atoms with van der Waals surface area (Å²) in [5.41, 5.74) is 1.79. The molecule has 2 aromatic carbocycles. The Kier molecular flexibility index (Phi) is 6.82. The van der Waals surface area contributed by atoms with Crippen molar-refractivity contribution in [2.75, 3.05) is 13.1 Å². The number of hydrogen-bond donors (Lipinski definition) is 2. The number of nitrogens with one attached hydrogen (secondary N) is 2. The van der Waals surface area contributed by atoms with Gasteiger partial charge in [0, 0.05) is 24.7 Å². The molecule has 0 aliphatic carbocycles. The van der Waals surface area contributed by atoms with Crippen LogP contribution >= 0.6 is 0 Å². The minimum absolute atomic E-state index is 0.0150. The summed E-state index contributed by atoms with van der Waals surface area (Å²) in [6, 6.07) is 19.2. The molecule has 0 aromatic heterocycles. The fraction of sp³-hybridized carbons (Fsp3) is 0.391. The molecule has 0 bridgehead atoms. The van der Waals surface area contributed by atoms with Crippen LogP contribution in [0.5, 0.6) is 0 Å². The van der Waals surface area contributed by atoms with E-state index in [-0.39, 0.29) is 29.9 Å². The SMILES string of the molecule is C[C@H](C(=O)N[C@H](C)c1ccccc1)N1CCC(NC(=O)c2ccccc2)CC1. The summed E-state index contributed by atoms with van der Waals surface area (Å²) < 4.78 is 0. The van der Waals surface area contributed by atoms with Crippen molar-refractivity contribution in [2.24, 2.45) is 0 Å². The molecule has 2 N–H and O–H groups in total. The zero-order chi connectivity index (χ0) is 19.9. The van der Waals surface area contributed by atoms with E-state index >= 15 is 0 Å². The minimum Gasteiger partial charge on any atom is -0.349 e. The van der Waals surface area contributed by atoms with Crippen LogP contribution in [0.1, 0.15) is 48.7 Å². The third-order valence-electron chi connectivity index (χ3n) is 5.49. The van der Waals surface area contributed by atoms with Crippen molar-refractivity contribution in [3.05, 3.63) is 71.8 Å². The molecule has 28 heavy (non-hydrogen) atoms. The third kappa shape index (κ3) is 5.20. The molecule has 2 aromatic rings. The van der Waals surface area contributed by atoms with Gasteiger partial charge >= 0.3 is 0 Å². The number of nitrogens with zero attached hydrogens (tertiary/aromatic N) is 1. The van der Waals surface area contributed by atoms with E-state index in [1.165, 1.54) is 0 Å². The first-order valence-electron chi connectivity index (χ1n) is 10.00. The van der Waals surface area contributed by atoms with Gasteiger partial charge in [0.15, 0.2) is 0 Å². The van der Waals surface area contributed by atoms with Crippen LogP contribution in [0.4, 0.5) is 0 Å². The van der Waals surface area contributed by atoms with E-state index in [4.69, 9.17) is 0 Å². The predicted molar refractivity (Wildman–Crippen MR) is 111 cm³/mol. The zero-order valence-electron chi connectivity index (χ0n) is 16.6. The van der Waals surface area contributed by atoms with Crippen molar-refractivity contribution < 1.29 is 9.59 Å². The van der Waals surface area contributed by atoms with Gasteiger partial charge in [0.25, 0.3) is 5.91 Å². The van der Waals surface area contributed by atoms with Gasteiger partial charge in [-0.3, -0.25) is 14.5 Å². The Labute approximate surface area is 167 Å². The van der Waals surface area contributed by atoms with Crippen LogP contribution in [0.2, 0.25) is 0 Å². The topological polar surface area (TPSA) is 61.4 Å². The molecule has 1 aliphatic rings. The van der Waals surface area contributed by atoms with Crippen molar-refractivity contribution in [1.82, 2.24) is 15.5 Å². The first kappa shape index (κ1) is 20.1. The average Bonchev–Trinajstić information content (AvgIpc) is 2.75. The highest BCUT2D eigenvalue weighted by atomic mass is 16.2. The molecule has 5 nitrogen and oxygen atoms in total. The Morgan fingerprint density at radius 2 is 1.50 bits per heavy atom. The summed E-state index contributed by atoms with van der Waals surface area (Å²) in [6.07, 6.45) is 1.70. The number of amides is 2. The van der Waals surface area contributed by atoms with Gasteiger partial charge in [-0.1, -0.05) is 48.5 Å². The molecular formula is C23H29N3O2. The van der Waals surface area contributed by atoms with Gasteiger partial charge in [-0.15, -0.1) is 0 Å². The number of hydrogen-bond acceptors (Lipinski definition) is 3. The Bertz CT molecular complexity index is 771. The highest BCUT2D eigenvalue weighted by molar-refractivity contribution is 5.94. The molecule has 0 spiro atoms. The number of likely N-dealkylation sites (tertiary alicyclic amines) is 1. The number of piperidine rings is 1. The Balaban J connectivity index is 1.46. The van der Waals surface area contributed by atoms with Crippen LogP contribution < -0.4 is 10.6 Å². The molecule has 0 unspecified atom stereocenters. The zero-order valence-corrected chi connectivity index (χ0v) is 16.6. The molecule has 1 saturated heterocycles. The van der Waals surface area contributed by atoms with E-state index in [1.807, 2.05) is 74.5 Å². The highest BCUT2D eigenvalue weighted by Crippen LogP contribution is 2.16. The van der Waals surface area contributed by atoms with Gasteiger partial charge in [0.05, 0.1) is 12.1 Å². The Morgan fingerprint density at radius 1 is 0.929 bits per heavy atom. The minimum atomic E-state index is -0.183. The van der Waals surface area contributed by atoms with Crippen molar-refractivity contribution in [1.29, 1.82) is 0 Å². The first-order valence-corrected chi connectivity index (χ1v) is 10.00. The lowest BCUT2D eigenvalue weighted by Gasteiger charge is -2.36. The molecule has 0 saturated carbocycles. The molecule has 1 aliphatic heterocycles. The maximum atomic E-state index is 12.6. The second-order valence-corrected chi connectivity index (χ2v) is 7.47. The molecule has 0 radical (unpaired) electrons. The monoisotopic (exact) mass is 379 g/mol. The number of carbonyl (C=O) groups is 2. The fourth-order valence-corrected chi connectivity index (χ4v) is 3.61. The van der Waals surface area contributed by atoms with E-state index in [9.17, 15) is 9.59 Å². The van der Waals surface area contributed by atoms with Gasteiger partial charge < -0.3 is 10.6 Å². The van der Waals surface area contributed by atoms with Crippen LogP contribution in [0.15, 0.2) is 60.7 Å². The summed E-state index contributed by atoms with van der Waals surface area (Å²) in [5, 5.41) is 6.22. The summed E-state index contributed by atoms with van der Waals surface area (Å²) in [6.45, 7) is 5.56. The van der Waals surface area contributed by atoms with Crippen LogP contribution in [0.3, 0.4) is 0 Å². The number of benzene rings is 2. The largest absolute Gasteiger partial charge is 0.349 e. The standard InChI is InChI=1S/C23H29N3O2/c1-17(19-9-5-3-6-10-19)24-22(27)18(2)26-15-13-21(14-16-26)25-23(28)20-11-7-4-8-12-20/h3-12,17-18,21H,13-16H2,1-2H3,(H,24,27)(H,25,28)/t17-,18-/m1/s1. The van der Waals surface area contributed by atoms with E-state index in [0.29, 0.717) is 5.56 Å². The van der Waals surface area contributed by atoms with Crippen molar-refractivity contribution in [3.8, 4) is 0 Å². The maximum Gasteiger partial charge on any atom is 0.251 e. The van der Waals surface area contributed by atoms with Gasteiger partial charge in [0.2, 0.25) is 5.91 Å². The maximum absolute atomic E-state index is 12.6. The quantitative estimate of drug-likeness (QED) is 0.811. The highest BCUT2D eigenvalue weighted by Gasteiger charge is 2.28. The predicted octanol–water partition coefficient (Wildman–Crippen LogP) is 3.15. The lowest BCUT2D eigenvalue weighted by atomic mass is 10.0. The van der Waals surface area contributed by atoms with Crippen molar-refractivity contribution >= 4 is 11.8 Å². The van der Waals surface area contributed by atoms with Crippen LogP contribution in [-0.4, -0.2) is 41.9 Å². The lowest BCUT2D eigenvalue weighted by Crippen LogP contribution is -2.51. The van der Waals surface area contributed by atoms with Gasteiger partial charge in [0.1, 0.15) is 0 Å². The lowest BCUT2D eigenvalue weighted by molar-refractivity contribution is -0.127. The summed E-state index contributed by atoms with van der Waals surface area (Å²) in [7, 11) is 0. The second-order valence-electron chi connectivity index (χ2n) is 7.47. The third-order valence-corrected chi connectivity index (χ3v) is 5.49. The summed E-state index contributed by atoms with van der Waals surface area (Å²) in [5.74, 6) is 0.0182. The van der Waals surface area contributed by atoms with Crippen molar-refractivity contribution in [3.63, 3.8) is 0 Å². The molecule has 148 valence electrons. The van der Waals surface area contributed by atoms with Gasteiger partial charge in [-0.2, -0.15) is 0 Å². The first-order chi connectivity index (χ1) is 13.5. The average molecular weight is 380 g/mol. The number of rotatable bonds is 6. The second kappa shape index (κ2) is 9.51. The van der Waals surface area contributed by atoms with Crippen LogP contribution in [-0.2, 0) is 4.79 Å². The molecule has 2 amide bonds. The molecule has 1 fully saturated rings. The molecular weight excluding hydrogens is 350 g/mol. The summed E-state index contributed by atoms with van der Waals surface area (Å²) in [4.78, 5) is 27.1. The molecule has 5 heteroatoms. The Morgan fingerprint density at radius 3 is 2.11 bits per heavy atom. The van der Waals surface area contributed by atoms with Crippen LogP contribution in [0, 0.1) is 0 Å². The van der Waals surface area contributed by atoms with E-state index in [1.54, 1.807) is 0 Å². The van der Waals surface area contributed by atoms with E-state index in [0.717, 1.165) is 31.5 Å². The smallest absolute Gasteiger partial charge is 0.251 e. The molecule has 3 rings (SSSR count). The van der Waals surface area contributed by atoms with E-state index in [2.05, 4.69) is 15.5 Å². The number of carbonyl (C=O) groups excluding carboxylic acids is 2. The Hall–Kier alpha value is -2.66. The van der Waals surface area contributed by atoms with Gasteiger partial charge in [-0.25, -0.2) is 0 Å². The van der Waals surface area contributed by atoms with E-state index < -0.39 is 0 Å². The van der Waals surface area contributed by atoms with Gasteiger partial charge in [-0.05, 0) is 44.4 Å². The summed E-state index contributed by atoms with van der Waals surface area (Å²) >= 11 is 0. The normalized spacial score (nSPS) is 17.5. The molecule has 2 atom stereocenters. The fourth-order valence-electron chi connectivity index (χ4n) is 3.61. The van der Waals surface area contributed by atoms with Crippen molar-refractivity contribution in [2.45, 2.75) is 44.8 Å². The molecule has 1 heterocycles.